The molecule has 0 aliphatic heterocycles. The van der Waals surface area contributed by atoms with Crippen molar-refractivity contribution < 1.29 is 33.4 Å². The number of hydrogen-bond donors (Lipinski definition) is 0. The Kier molecular flexibility index (Phi) is 11.9. The highest BCUT2D eigenvalue weighted by atomic mass is 79.9. The van der Waals surface area contributed by atoms with Crippen LogP contribution in [-0.4, -0.2) is 40.8 Å². The summed E-state index contributed by atoms with van der Waals surface area (Å²) >= 11 is 7.17. The van der Waals surface area contributed by atoms with Crippen LogP contribution in [0.1, 0.15) is 20.8 Å². The zero-order valence-corrected chi connectivity index (χ0v) is 14.3. The molecule has 0 N–H and O–H groups in total. The minimum Gasteiger partial charge on any atom is -0.323 e. The normalized spacial score (nSPS) is 13.9. The topological polar surface area (TPSA) is 92.2 Å². The molecule has 0 heterocycles. The molecule has 0 aromatic heterocycles. The van der Waals surface area contributed by atoms with Crippen molar-refractivity contribution in [2.24, 2.45) is 0 Å². The van der Waals surface area contributed by atoms with Gasteiger partial charge in [0.25, 0.3) is 0 Å². The summed E-state index contributed by atoms with van der Waals surface area (Å²) in [7, 11) is -4.94. The third kappa shape index (κ3) is 13.3. The lowest BCUT2D eigenvalue weighted by Gasteiger charge is -2.37. The van der Waals surface area contributed by atoms with Crippen LogP contribution in [-0.2, 0) is 0 Å². The second-order valence-corrected chi connectivity index (χ2v) is 6.30. The van der Waals surface area contributed by atoms with Gasteiger partial charge in [-0.25, -0.2) is 18.6 Å². The molecule has 1 atom stereocenters. The Bertz CT molecular complexity index is 174. The summed E-state index contributed by atoms with van der Waals surface area (Å²) < 4.78 is 35.2. The lowest BCUT2D eigenvalue weighted by Crippen LogP contribution is -2.68. The lowest BCUT2D eigenvalue weighted by molar-refractivity contribution is -2.00. The molecular weight excluding hydrogens is 381 g/mol. The Balaban J connectivity index is 0. The first-order valence-corrected chi connectivity index (χ1v) is 8.58. The van der Waals surface area contributed by atoms with Gasteiger partial charge in [-0.05, 0) is 20.8 Å². The van der Waals surface area contributed by atoms with Crippen molar-refractivity contribution in [3.05, 3.63) is 0 Å². The van der Waals surface area contributed by atoms with E-state index in [9.17, 15) is 0 Å². The predicted octanol–water partition coefficient (Wildman–Crippen LogP) is -1.73. The van der Waals surface area contributed by atoms with E-state index >= 15 is 0 Å². The van der Waals surface area contributed by atoms with E-state index in [-0.39, 0.29) is 0 Å². The minimum absolute atomic E-state index is 0.609. The average Bonchev–Trinajstić information content (AvgIpc) is 2.23. The van der Waals surface area contributed by atoms with Gasteiger partial charge in [0.15, 0.2) is 0 Å². The molecule has 106 valence electrons. The molecule has 0 aromatic carbocycles. The highest BCUT2D eigenvalue weighted by molar-refractivity contribution is 9.12. The first-order chi connectivity index (χ1) is 7.64. The summed E-state index contributed by atoms with van der Waals surface area (Å²) in [5.74, 6) is 0. The molecule has 0 aromatic rings. The van der Waals surface area contributed by atoms with Gasteiger partial charge in [0.1, 0.15) is 0 Å². The largest absolute Gasteiger partial charge is 0.323 e. The summed E-state index contributed by atoms with van der Waals surface area (Å²) in [4.78, 5) is 0.609. The lowest BCUT2D eigenvalue weighted by atomic mass is 10.3. The molecule has 0 aliphatic rings. The van der Waals surface area contributed by atoms with Crippen molar-refractivity contribution >= 4 is 31.9 Å². The maximum absolute atomic E-state index is 8.49. The molecule has 17 heavy (non-hydrogen) atoms. The Morgan fingerprint density at radius 2 is 1.29 bits per heavy atom. The SMILES string of the molecule is CC[N+](CC)(CC)CC(Br)CBr.[O-][Cl+3]([O-])([O-])[O-]. The predicted molar refractivity (Wildman–Crippen MR) is 63.3 cm³/mol. The maximum Gasteiger partial charge on any atom is 0.0921 e. The Labute approximate surface area is 122 Å². The molecule has 0 aliphatic carbocycles. The smallest absolute Gasteiger partial charge is 0.0921 e. The highest BCUT2D eigenvalue weighted by Crippen LogP contribution is 2.13. The molecular formula is C9H20Br2ClNO4. The summed E-state index contributed by atoms with van der Waals surface area (Å²) in [6.45, 7) is 11.8. The second-order valence-electron chi connectivity index (χ2n) is 3.60. The van der Waals surface area contributed by atoms with Gasteiger partial charge in [0.2, 0.25) is 0 Å². The van der Waals surface area contributed by atoms with Crippen LogP contribution in [0.5, 0.6) is 0 Å². The monoisotopic (exact) mass is 399 g/mol. The highest BCUT2D eigenvalue weighted by Gasteiger charge is 2.23. The standard InChI is InChI=1S/C9H20Br2N.ClHO4/c1-4-12(5-2,6-3)8-9(11)7-10;2-1(3,4)5/h9H,4-8H2,1-3H3;(H,2,3,4,5)/q+1;/p-1. The Morgan fingerprint density at radius 3 is 1.47 bits per heavy atom. The maximum atomic E-state index is 8.49. The second kappa shape index (κ2) is 9.91. The molecule has 8 heteroatoms. The molecule has 0 amide bonds. The number of nitrogens with zero attached hydrogens (tertiary/aromatic N) is 1. The number of quaternary nitrogens is 1. The van der Waals surface area contributed by atoms with E-state index in [1.165, 1.54) is 30.7 Å². The first kappa shape index (κ1) is 20.4. The molecule has 0 spiro atoms. The molecule has 5 nitrogen and oxygen atoms in total. The quantitative estimate of drug-likeness (QED) is 0.390. The van der Waals surface area contributed by atoms with Crippen LogP contribution in [0.2, 0.25) is 0 Å². The average molecular weight is 402 g/mol. The Hall–Kier alpha value is 1.05. The van der Waals surface area contributed by atoms with Crippen LogP contribution in [0.4, 0.5) is 0 Å². The fourth-order valence-electron chi connectivity index (χ4n) is 1.53. The minimum atomic E-state index is -4.94. The number of hydrogen-bond acceptors (Lipinski definition) is 4. The zero-order chi connectivity index (χ0) is 14.1. The van der Waals surface area contributed by atoms with Gasteiger partial charge in [-0.1, -0.05) is 31.9 Å². The molecule has 0 rings (SSSR count). The van der Waals surface area contributed by atoms with Gasteiger partial charge in [-0.2, -0.15) is 0 Å². The van der Waals surface area contributed by atoms with Gasteiger partial charge in [0.05, 0.1) is 31.0 Å². The van der Waals surface area contributed by atoms with Crippen LogP contribution in [0.15, 0.2) is 0 Å². The van der Waals surface area contributed by atoms with Crippen molar-refractivity contribution in [2.45, 2.75) is 25.6 Å². The summed E-state index contributed by atoms with van der Waals surface area (Å²) in [6, 6.07) is 0. The van der Waals surface area contributed by atoms with Gasteiger partial charge in [-0.3, -0.25) is 0 Å². The van der Waals surface area contributed by atoms with Gasteiger partial charge in [-0.15, -0.1) is 10.2 Å². The number of alkyl halides is 2. The van der Waals surface area contributed by atoms with Crippen LogP contribution in [0.3, 0.4) is 0 Å². The molecule has 0 fully saturated rings. The van der Waals surface area contributed by atoms with E-state index in [2.05, 4.69) is 52.6 Å². The van der Waals surface area contributed by atoms with E-state index in [1.807, 2.05) is 0 Å². The van der Waals surface area contributed by atoms with E-state index in [0.717, 1.165) is 5.33 Å². The van der Waals surface area contributed by atoms with Gasteiger partial charge >= 0.3 is 0 Å². The molecule has 1 unspecified atom stereocenters. The van der Waals surface area contributed by atoms with Crippen molar-refractivity contribution in [3.63, 3.8) is 0 Å². The molecule has 0 radical (unpaired) electrons. The van der Waals surface area contributed by atoms with Crippen LogP contribution in [0, 0.1) is 10.2 Å². The van der Waals surface area contributed by atoms with Crippen LogP contribution >= 0.6 is 31.9 Å². The molecule has 0 saturated heterocycles. The molecule has 0 bridgehead atoms. The van der Waals surface area contributed by atoms with Crippen LogP contribution < -0.4 is 18.6 Å². The van der Waals surface area contributed by atoms with Crippen molar-refractivity contribution in [1.29, 1.82) is 0 Å². The number of rotatable bonds is 6. The van der Waals surface area contributed by atoms with E-state index in [1.54, 1.807) is 0 Å². The Morgan fingerprint density at radius 1 is 1.00 bits per heavy atom. The third-order valence-corrected chi connectivity index (χ3v) is 5.03. The number of halogens is 3. The zero-order valence-electron chi connectivity index (χ0n) is 10.3. The summed E-state index contributed by atoms with van der Waals surface area (Å²) in [6.07, 6.45) is 0. The summed E-state index contributed by atoms with van der Waals surface area (Å²) in [5, 5.41) is 1.05. The summed E-state index contributed by atoms with van der Waals surface area (Å²) in [5.41, 5.74) is 0. The van der Waals surface area contributed by atoms with E-state index < -0.39 is 10.2 Å². The van der Waals surface area contributed by atoms with Crippen molar-refractivity contribution in [1.82, 2.24) is 0 Å². The third-order valence-electron chi connectivity index (χ3n) is 2.77. The van der Waals surface area contributed by atoms with E-state index in [4.69, 9.17) is 18.6 Å². The van der Waals surface area contributed by atoms with E-state index in [0.29, 0.717) is 4.83 Å². The fourth-order valence-corrected chi connectivity index (χ4v) is 2.35. The first-order valence-electron chi connectivity index (χ1n) is 5.31. The van der Waals surface area contributed by atoms with Crippen molar-refractivity contribution in [2.75, 3.05) is 31.5 Å². The van der Waals surface area contributed by atoms with Gasteiger partial charge in [0, 0.05) is 5.33 Å². The molecule has 0 saturated carbocycles. The van der Waals surface area contributed by atoms with Crippen LogP contribution in [0.25, 0.3) is 0 Å². The van der Waals surface area contributed by atoms with Crippen molar-refractivity contribution in [3.8, 4) is 0 Å². The van der Waals surface area contributed by atoms with Gasteiger partial charge < -0.3 is 4.48 Å². The fraction of sp³-hybridized carbons (Fsp3) is 1.00.